The smallest absolute Gasteiger partial charge is 0.333 e. The van der Waals surface area contributed by atoms with Crippen LogP contribution in [-0.2, 0) is 19.6 Å². The molecule has 0 radical (unpaired) electrons. The van der Waals surface area contributed by atoms with E-state index in [4.69, 9.17) is 16.7 Å². The zero-order valence-electron chi connectivity index (χ0n) is 11.0. The van der Waals surface area contributed by atoms with Gasteiger partial charge in [0, 0.05) is 6.42 Å². The Kier molecular flexibility index (Phi) is 4.52. The summed E-state index contributed by atoms with van der Waals surface area (Å²) in [4.78, 5) is 22.4. The highest BCUT2D eigenvalue weighted by Gasteiger charge is 2.36. The highest BCUT2D eigenvalue weighted by atomic mass is 35.5. The van der Waals surface area contributed by atoms with E-state index in [1.807, 2.05) is 0 Å². The van der Waals surface area contributed by atoms with Crippen LogP contribution in [0.25, 0.3) is 0 Å². The van der Waals surface area contributed by atoms with Crippen molar-refractivity contribution in [2.24, 2.45) is 0 Å². The first kappa shape index (κ1) is 16.4. The molecule has 0 aliphatic heterocycles. The summed E-state index contributed by atoms with van der Waals surface area (Å²) in [6.45, 7) is 0. The van der Waals surface area contributed by atoms with Crippen molar-refractivity contribution in [3.63, 3.8) is 0 Å². The third kappa shape index (κ3) is 3.45. The average molecular weight is 348 g/mol. The van der Waals surface area contributed by atoms with Crippen molar-refractivity contribution in [2.45, 2.75) is 18.1 Å². The Bertz CT molecular complexity index is 775. The molecule has 0 bridgehead atoms. The molecule has 2 N–H and O–H groups in total. The summed E-state index contributed by atoms with van der Waals surface area (Å²) in [6, 6.07) is 3.08. The number of allylic oxidation sites excluding steroid dienone is 1. The molecule has 0 fully saturated rings. The average Bonchev–Trinajstić information content (AvgIpc) is 2.41. The van der Waals surface area contributed by atoms with Gasteiger partial charge < -0.3 is 5.11 Å². The van der Waals surface area contributed by atoms with E-state index in [-0.39, 0.29) is 23.6 Å². The number of ketones is 1. The van der Waals surface area contributed by atoms with E-state index in [1.54, 1.807) is 0 Å². The van der Waals surface area contributed by atoms with Crippen molar-refractivity contribution in [1.82, 2.24) is 0 Å². The van der Waals surface area contributed by atoms with Crippen LogP contribution < -0.4 is 4.72 Å². The van der Waals surface area contributed by atoms with E-state index in [0.29, 0.717) is 0 Å². The van der Waals surface area contributed by atoms with Crippen molar-refractivity contribution in [1.29, 1.82) is 0 Å². The fourth-order valence-electron chi connectivity index (χ4n) is 2.09. The number of benzene rings is 1. The fourth-order valence-corrected chi connectivity index (χ4v) is 3.91. The molecule has 1 aliphatic carbocycles. The number of hydrogen-bond acceptors (Lipinski definition) is 4. The Hall–Kier alpha value is -1.93. The van der Waals surface area contributed by atoms with Crippen LogP contribution in [0, 0.1) is 5.82 Å². The molecule has 1 aromatic carbocycles. The summed E-state index contributed by atoms with van der Waals surface area (Å²) in [7, 11) is -4.15. The molecule has 2 rings (SSSR count). The predicted octanol–water partition coefficient (Wildman–Crippen LogP) is 1.96. The second-order valence-electron chi connectivity index (χ2n) is 4.67. The number of hydrogen-bond donors (Lipinski definition) is 2. The largest absolute Gasteiger partial charge is 0.478 e. The molecule has 0 saturated heterocycles. The van der Waals surface area contributed by atoms with E-state index >= 15 is 0 Å². The van der Waals surface area contributed by atoms with E-state index in [9.17, 15) is 22.4 Å². The fraction of sp³-hybridized carbons (Fsp3) is 0.231. The Morgan fingerprint density at radius 3 is 2.68 bits per heavy atom. The molecular formula is C13H11ClFNO5S. The molecule has 0 amide bonds. The van der Waals surface area contributed by atoms with Gasteiger partial charge in [-0.15, -0.1) is 0 Å². The number of carboxylic acids is 1. The minimum absolute atomic E-state index is 0.0651. The van der Waals surface area contributed by atoms with Crippen LogP contribution in [0.1, 0.15) is 12.8 Å². The summed E-state index contributed by atoms with van der Waals surface area (Å²) in [5.41, 5.74) is -0.563. The standard InChI is InChI=1S/C13H11ClFNO5S/c14-10-5-7(15)1-3-11(10)16-22(20,21)12-4-2-8(17)6-9(12)13(18)19/h1,3,5-6,12,16H,2,4H2,(H,18,19). The highest BCUT2D eigenvalue weighted by molar-refractivity contribution is 7.93. The molecule has 0 saturated carbocycles. The Morgan fingerprint density at radius 1 is 1.41 bits per heavy atom. The van der Waals surface area contributed by atoms with Crippen molar-refractivity contribution < 1.29 is 27.5 Å². The van der Waals surface area contributed by atoms with Crippen LogP contribution in [-0.4, -0.2) is 30.5 Å². The van der Waals surface area contributed by atoms with E-state index < -0.39 is 38.4 Å². The number of nitrogens with one attached hydrogen (secondary N) is 1. The summed E-state index contributed by atoms with van der Waals surface area (Å²) in [5, 5.41) is 7.52. The lowest BCUT2D eigenvalue weighted by atomic mass is 9.98. The molecule has 0 aromatic heterocycles. The lowest BCUT2D eigenvalue weighted by Gasteiger charge is -2.22. The van der Waals surface area contributed by atoms with Gasteiger partial charge in [-0.05, 0) is 30.7 Å². The monoisotopic (exact) mass is 347 g/mol. The third-order valence-electron chi connectivity index (χ3n) is 3.12. The van der Waals surface area contributed by atoms with Crippen LogP contribution in [0.5, 0.6) is 0 Å². The van der Waals surface area contributed by atoms with Crippen molar-refractivity contribution in [3.05, 3.63) is 40.7 Å². The number of sulfonamides is 1. The van der Waals surface area contributed by atoms with Crippen molar-refractivity contribution in [3.8, 4) is 0 Å². The lowest BCUT2D eigenvalue weighted by Crippen LogP contribution is -2.35. The summed E-state index contributed by atoms with van der Waals surface area (Å²) < 4.78 is 39.8. The first-order valence-electron chi connectivity index (χ1n) is 6.15. The Labute approximate surface area is 130 Å². The molecule has 1 aliphatic rings. The number of carboxylic acid groups (broad SMARTS) is 1. The molecule has 22 heavy (non-hydrogen) atoms. The van der Waals surface area contributed by atoms with E-state index in [1.165, 1.54) is 0 Å². The second kappa shape index (κ2) is 6.05. The molecule has 118 valence electrons. The summed E-state index contributed by atoms with van der Waals surface area (Å²) in [5.74, 6) is -2.56. The van der Waals surface area contributed by atoms with Crippen molar-refractivity contribution >= 4 is 39.1 Å². The number of rotatable bonds is 4. The first-order chi connectivity index (χ1) is 10.2. The summed E-state index contributed by atoms with van der Waals surface area (Å²) >= 11 is 5.74. The van der Waals surface area contributed by atoms with Gasteiger partial charge >= 0.3 is 5.97 Å². The maximum atomic E-state index is 13.0. The third-order valence-corrected chi connectivity index (χ3v) is 5.18. The number of halogens is 2. The molecule has 1 unspecified atom stereocenters. The predicted molar refractivity (Wildman–Crippen MR) is 77.7 cm³/mol. The number of carbonyl (C=O) groups excluding carboxylic acids is 1. The van der Waals surface area contributed by atoms with Gasteiger partial charge in [0.15, 0.2) is 5.78 Å². The SMILES string of the molecule is O=C1C=C(C(=O)O)C(S(=O)(=O)Nc2ccc(F)cc2Cl)CC1. The highest BCUT2D eigenvalue weighted by Crippen LogP contribution is 2.28. The summed E-state index contributed by atoms with van der Waals surface area (Å²) in [6.07, 6.45) is 0.604. The zero-order valence-corrected chi connectivity index (χ0v) is 12.6. The van der Waals surface area contributed by atoms with Gasteiger partial charge in [0.05, 0.1) is 16.3 Å². The maximum absolute atomic E-state index is 13.0. The number of aliphatic carboxylic acids is 1. The van der Waals surface area contributed by atoms with Crippen LogP contribution >= 0.6 is 11.6 Å². The molecule has 0 heterocycles. The van der Waals surface area contributed by atoms with E-state index in [0.717, 1.165) is 24.3 Å². The van der Waals surface area contributed by atoms with Crippen LogP contribution in [0.3, 0.4) is 0 Å². The van der Waals surface area contributed by atoms with Crippen LogP contribution in [0.15, 0.2) is 29.8 Å². The van der Waals surface area contributed by atoms with Gasteiger partial charge in [0.2, 0.25) is 10.0 Å². The number of carbonyl (C=O) groups is 2. The molecule has 1 aromatic rings. The van der Waals surface area contributed by atoms with Gasteiger partial charge in [0.25, 0.3) is 0 Å². The molecule has 9 heteroatoms. The first-order valence-corrected chi connectivity index (χ1v) is 8.07. The Morgan fingerprint density at radius 2 is 2.09 bits per heavy atom. The van der Waals surface area contributed by atoms with Gasteiger partial charge in [0.1, 0.15) is 11.1 Å². The van der Waals surface area contributed by atoms with Crippen LogP contribution in [0.2, 0.25) is 5.02 Å². The van der Waals surface area contributed by atoms with Crippen LogP contribution in [0.4, 0.5) is 10.1 Å². The van der Waals surface area contributed by atoms with Gasteiger partial charge in [-0.1, -0.05) is 11.6 Å². The lowest BCUT2D eigenvalue weighted by molar-refractivity contribution is -0.133. The van der Waals surface area contributed by atoms with E-state index in [2.05, 4.69) is 4.72 Å². The van der Waals surface area contributed by atoms with Gasteiger partial charge in [-0.25, -0.2) is 17.6 Å². The topological polar surface area (TPSA) is 101 Å². The van der Waals surface area contributed by atoms with Crippen molar-refractivity contribution in [2.75, 3.05) is 4.72 Å². The maximum Gasteiger partial charge on any atom is 0.333 e. The minimum atomic E-state index is -4.15. The molecule has 6 nitrogen and oxygen atoms in total. The molecule has 1 atom stereocenters. The second-order valence-corrected chi connectivity index (χ2v) is 6.94. The van der Waals surface area contributed by atoms with Gasteiger partial charge in [-0.2, -0.15) is 0 Å². The quantitative estimate of drug-likeness (QED) is 0.867. The zero-order chi connectivity index (χ0) is 16.5. The Balaban J connectivity index is 2.35. The minimum Gasteiger partial charge on any atom is -0.478 e. The normalized spacial score (nSPS) is 18.7. The molecular weight excluding hydrogens is 337 g/mol. The van der Waals surface area contributed by atoms with Gasteiger partial charge in [-0.3, -0.25) is 9.52 Å². The molecule has 0 spiro atoms. The number of anilines is 1.